The number of aromatic nitrogens is 2. The highest BCUT2D eigenvalue weighted by molar-refractivity contribution is 6.17. The van der Waals surface area contributed by atoms with Crippen molar-refractivity contribution < 1.29 is 4.42 Å². The number of fused-ring (bicyclic) bond motifs is 9. The molecule has 9 aromatic rings. The molecule has 0 N–H and O–H groups in total. The number of rotatable bonds is 2. The number of nitriles is 1. The van der Waals surface area contributed by atoms with E-state index in [0.717, 1.165) is 66.2 Å². The summed E-state index contributed by atoms with van der Waals surface area (Å²) in [5, 5.41) is 16.4. The van der Waals surface area contributed by atoms with Crippen LogP contribution >= 0.6 is 0 Å². The quantitative estimate of drug-likeness (QED) is 0.226. The topological polar surface area (TPSA) is 46.8 Å². The van der Waals surface area contributed by atoms with Crippen LogP contribution in [0.1, 0.15) is 5.56 Å². The van der Waals surface area contributed by atoms with Gasteiger partial charge in [0, 0.05) is 49.8 Å². The second-order valence-electron chi connectivity index (χ2n) is 10.5. The maximum Gasteiger partial charge on any atom is 0.137 e. The number of benzene rings is 6. The van der Waals surface area contributed by atoms with Gasteiger partial charge in [0.05, 0.1) is 33.7 Å². The molecule has 0 atom stereocenters. The van der Waals surface area contributed by atoms with Crippen molar-refractivity contribution in [3.63, 3.8) is 0 Å². The van der Waals surface area contributed by atoms with E-state index in [4.69, 9.17) is 4.42 Å². The molecule has 6 aromatic carbocycles. The van der Waals surface area contributed by atoms with Crippen molar-refractivity contribution in [2.75, 3.05) is 0 Å². The number of furan rings is 1. The van der Waals surface area contributed by atoms with Gasteiger partial charge in [0.15, 0.2) is 0 Å². The summed E-state index contributed by atoms with van der Waals surface area (Å²) in [6.45, 7) is 0. The van der Waals surface area contributed by atoms with Gasteiger partial charge < -0.3 is 13.6 Å². The molecule has 0 spiro atoms. The Kier molecular flexibility index (Phi) is 4.37. The molecule has 0 radical (unpaired) electrons. The fraction of sp³-hybridized carbons (Fsp3) is 0. The summed E-state index contributed by atoms with van der Waals surface area (Å²) in [6.07, 6.45) is 0. The molecule has 9 rings (SSSR count). The Labute approximate surface area is 234 Å². The number of hydrogen-bond acceptors (Lipinski definition) is 2. The number of nitrogens with zero attached hydrogens (tertiary/aromatic N) is 3. The first kappa shape index (κ1) is 22.1. The maximum absolute atomic E-state index is 9.55. The van der Waals surface area contributed by atoms with Gasteiger partial charge in [0.2, 0.25) is 0 Å². The van der Waals surface area contributed by atoms with Crippen molar-refractivity contribution >= 4 is 65.6 Å². The van der Waals surface area contributed by atoms with E-state index in [-0.39, 0.29) is 0 Å². The standard InChI is InChI=1S/C37H21N3O/c38-22-23-16-17-34-29(18-23)26-10-1-4-13-32(26)39(34)24-8-7-9-25(19-24)40-33-14-5-2-11-27(33)30-20-31-28-12-3-6-15-36(28)41-37(31)21-35(30)40/h1-21H. The smallest absolute Gasteiger partial charge is 0.137 e. The maximum atomic E-state index is 9.55. The molecule has 0 bridgehead atoms. The van der Waals surface area contributed by atoms with Crippen molar-refractivity contribution in [1.29, 1.82) is 5.26 Å². The molecule has 190 valence electrons. The molecule has 41 heavy (non-hydrogen) atoms. The lowest BCUT2D eigenvalue weighted by Crippen LogP contribution is -1.98. The average Bonchev–Trinajstić information content (AvgIpc) is 3.67. The van der Waals surface area contributed by atoms with E-state index in [9.17, 15) is 5.26 Å². The highest BCUT2D eigenvalue weighted by Crippen LogP contribution is 2.39. The molecule has 0 aliphatic heterocycles. The summed E-state index contributed by atoms with van der Waals surface area (Å²) >= 11 is 0. The molecule has 0 saturated heterocycles. The van der Waals surface area contributed by atoms with Gasteiger partial charge in [-0.3, -0.25) is 0 Å². The molecule has 0 unspecified atom stereocenters. The third-order valence-corrected chi connectivity index (χ3v) is 8.32. The molecule has 0 saturated carbocycles. The van der Waals surface area contributed by atoms with E-state index >= 15 is 0 Å². The molecule has 0 amide bonds. The van der Waals surface area contributed by atoms with Gasteiger partial charge in [-0.25, -0.2) is 0 Å². The summed E-state index contributed by atoms with van der Waals surface area (Å²) in [4.78, 5) is 0. The molecule has 3 heterocycles. The zero-order valence-electron chi connectivity index (χ0n) is 21.9. The van der Waals surface area contributed by atoms with Crippen LogP contribution in [0.2, 0.25) is 0 Å². The first-order chi connectivity index (χ1) is 20.3. The minimum Gasteiger partial charge on any atom is -0.456 e. The molecule has 0 aliphatic rings. The van der Waals surface area contributed by atoms with E-state index in [1.165, 1.54) is 10.8 Å². The Morgan fingerprint density at radius 2 is 1.05 bits per heavy atom. The third-order valence-electron chi connectivity index (χ3n) is 8.32. The van der Waals surface area contributed by atoms with Gasteiger partial charge in [-0.15, -0.1) is 0 Å². The highest BCUT2D eigenvalue weighted by atomic mass is 16.3. The van der Waals surface area contributed by atoms with Gasteiger partial charge in [-0.1, -0.05) is 60.7 Å². The first-order valence-corrected chi connectivity index (χ1v) is 13.7. The molecule has 4 heteroatoms. The highest BCUT2D eigenvalue weighted by Gasteiger charge is 2.18. The fourth-order valence-corrected chi connectivity index (χ4v) is 6.56. The van der Waals surface area contributed by atoms with E-state index in [2.05, 4.69) is 118 Å². The largest absolute Gasteiger partial charge is 0.456 e. The summed E-state index contributed by atoms with van der Waals surface area (Å²) in [6, 6.07) is 46.6. The molecular weight excluding hydrogens is 502 g/mol. The van der Waals surface area contributed by atoms with Crippen molar-refractivity contribution in [1.82, 2.24) is 9.13 Å². The molecular formula is C37H21N3O. The minimum atomic E-state index is 0.663. The SMILES string of the molecule is N#Cc1ccc2c(c1)c1ccccc1n2-c1cccc(-n2c3ccccc3c3cc4c(cc32)oc2ccccc24)c1. The lowest BCUT2D eigenvalue weighted by molar-refractivity contribution is 0.669. The zero-order chi connectivity index (χ0) is 27.1. The van der Waals surface area contributed by atoms with Crippen molar-refractivity contribution in [2.24, 2.45) is 0 Å². The van der Waals surface area contributed by atoms with Crippen molar-refractivity contribution in [2.45, 2.75) is 0 Å². The van der Waals surface area contributed by atoms with E-state index in [1.807, 2.05) is 24.3 Å². The Bertz CT molecular complexity index is 2550. The van der Waals surface area contributed by atoms with Crippen LogP contribution in [0.25, 0.3) is 76.9 Å². The lowest BCUT2D eigenvalue weighted by atomic mass is 10.1. The van der Waals surface area contributed by atoms with Gasteiger partial charge in [0.25, 0.3) is 0 Å². The second-order valence-corrected chi connectivity index (χ2v) is 10.5. The lowest BCUT2D eigenvalue weighted by Gasteiger charge is -2.12. The summed E-state index contributed by atoms with van der Waals surface area (Å²) in [7, 11) is 0. The first-order valence-electron chi connectivity index (χ1n) is 13.7. The predicted molar refractivity (Wildman–Crippen MR) is 167 cm³/mol. The van der Waals surface area contributed by atoms with Gasteiger partial charge in [0.1, 0.15) is 11.2 Å². The van der Waals surface area contributed by atoms with Crippen LogP contribution in [-0.4, -0.2) is 9.13 Å². The van der Waals surface area contributed by atoms with Crippen molar-refractivity contribution in [3.05, 3.63) is 133 Å². The summed E-state index contributed by atoms with van der Waals surface area (Å²) in [5.41, 5.74) is 9.03. The van der Waals surface area contributed by atoms with Gasteiger partial charge in [-0.05, 0) is 60.7 Å². The van der Waals surface area contributed by atoms with E-state index in [0.29, 0.717) is 5.56 Å². The Hall–Kier alpha value is -5.79. The van der Waals surface area contributed by atoms with Crippen molar-refractivity contribution in [3.8, 4) is 17.4 Å². The number of para-hydroxylation sites is 3. The Balaban J connectivity index is 1.34. The average molecular weight is 524 g/mol. The second kappa shape index (κ2) is 8.11. The zero-order valence-corrected chi connectivity index (χ0v) is 21.9. The third kappa shape index (κ3) is 3.03. The molecule has 0 fully saturated rings. The normalized spacial score (nSPS) is 11.9. The summed E-state index contributed by atoms with van der Waals surface area (Å²) in [5.74, 6) is 0. The molecule has 0 aliphatic carbocycles. The van der Waals surface area contributed by atoms with Gasteiger partial charge >= 0.3 is 0 Å². The minimum absolute atomic E-state index is 0.663. The van der Waals surface area contributed by atoms with Crippen LogP contribution in [0.5, 0.6) is 0 Å². The van der Waals surface area contributed by atoms with Crippen LogP contribution in [0.3, 0.4) is 0 Å². The fourth-order valence-electron chi connectivity index (χ4n) is 6.56. The van der Waals surface area contributed by atoms with E-state index < -0.39 is 0 Å². The van der Waals surface area contributed by atoms with Crippen LogP contribution in [0, 0.1) is 11.3 Å². The van der Waals surface area contributed by atoms with Gasteiger partial charge in [-0.2, -0.15) is 5.26 Å². The monoisotopic (exact) mass is 523 g/mol. The van der Waals surface area contributed by atoms with Crippen LogP contribution in [0.15, 0.2) is 132 Å². The Morgan fingerprint density at radius 3 is 1.78 bits per heavy atom. The molecule has 3 aromatic heterocycles. The predicted octanol–water partition coefficient (Wildman–Crippen LogP) is 9.65. The molecule has 4 nitrogen and oxygen atoms in total. The Morgan fingerprint density at radius 1 is 0.439 bits per heavy atom. The summed E-state index contributed by atoms with van der Waals surface area (Å²) < 4.78 is 10.9. The van der Waals surface area contributed by atoms with Crippen LogP contribution in [-0.2, 0) is 0 Å². The van der Waals surface area contributed by atoms with E-state index in [1.54, 1.807) is 0 Å². The van der Waals surface area contributed by atoms with Crippen LogP contribution in [0.4, 0.5) is 0 Å². The number of hydrogen-bond donors (Lipinski definition) is 0. The van der Waals surface area contributed by atoms with Crippen LogP contribution < -0.4 is 0 Å².